The lowest BCUT2D eigenvalue weighted by Gasteiger charge is -2.30. The number of carbonyl (C=O) groups is 1. The minimum Gasteiger partial charge on any atom is -0.467 e. The van der Waals surface area contributed by atoms with Crippen molar-refractivity contribution in [3.8, 4) is 0 Å². The molecule has 0 spiro atoms. The number of esters is 1. The van der Waals surface area contributed by atoms with Crippen LogP contribution in [0.25, 0.3) is 0 Å². The second-order valence-electron chi connectivity index (χ2n) is 3.68. The summed E-state index contributed by atoms with van der Waals surface area (Å²) in [6.07, 6.45) is 1.32. The summed E-state index contributed by atoms with van der Waals surface area (Å²) in [5.74, 6) is -0.310. The van der Waals surface area contributed by atoms with Crippen molar-refractivity contribution in [1.82, 2.24) is 9.88 Å². The van der Waals surface area contributed by atoms with Gasteiger partial charge in [-0.25, -0.2) is 9.78 Å². The van der Waals surface area contributed by atoms with Crippen molar-refractivity contribution in [1.29, 1.82) is 0 Å². The summed E-state index contributed by atoms with van der Waals surface area (Å²) >= 11 is 4.99. The van der Waals surface area contributed by atoms with Gasteiger partial charge in [-0.05, 0) is 15.9 Å². The molecule has 0 amide bonds. The van der Waals surface area contributed by atoms with Crippen LogP contribution in [0.4, 0.5) is 0 Å². The van der Waals surface area contributed by atoms with E-state index in [4.69, 9.17) is 4.74 Å². The maximum absolute atomic E-state index is 11.4. The van der Waals surface area contributed by atoms with Crippen LogP contribution in [-0.2, 0) is 20.8 Å². The molecule has 0 aromatic carbocycles. The first-order valence-corrected chi connectivity index (χ1v) is 6.82. The van der Waals surface area contributed by atoms with Crippen LogP contribution in [0.5, 0.6) is 0 Å². The van der Waals surface area contributed by atoms with Crippen molar-refractivity contribution in [3.05, 3.63) is 15.0 Å². The fourth-order valence-corrected chi connectivity index (χ4v) is 3.02. The third-order valence-electron chi connectivity index (χ3n) is 2.50. The molecule has 2 heterocycles. The number of ether oxygens (including phenoxy) is 2. The molecule has 0 saturated carbocycles. The summed E-state index contributed by atoms with van der Waals surface area (Å²) in [7, 11) is 1.38. The van der Waals surface area contributed by atoms with Crippen molar-refractivity contribution < 1.29 is 14.3 Å². The predicted octanol–water partition coefficient (Wildman–Crippen LogP) is 1.28. The number of aromatic nitrogens is 1. The van der Waals surface area contributed by atoms with E-state index in [1.54, 1.807) is 17.5 Å². The topological polar surface area (TPSA) is 51.7 Å². The zero-order valence-electron chi connectivity index (χ0n) is 9.39. The molecule has 0 N–H and O–H groups in total. The van der Waals surface area contributed by atoms with E-state index in [9.17, 15) is 4.79 Å². The number of halogens is 1. The normalized spacial score (nSPS) is 21.4. The first-order chi connectivity index (χ1) is 8.19. The van der Waals surface area contributed by atoms with Gasteiger partial charge in [-0.15, -0.1) is 11.3 Å². The molecule has 94 valence electrons. The average Bonchev–Trinajstić information content (AvgIpc) is 2.74. The maximum Gasteiger partial charge on any atom is 0.336 e. The van der Waals surface area contributed by atoms with Gasteiger partial charge in [0.2, 0.25) is 0 Å². The first-order valence-electron chi connectivity index (χ1n) is 5.21. The number of rotatable bonds is 3. The summed E-state index contributed by atoms with van der Waals surface area (Å²) in [4.78, 5) is 17.8. The smallest absolute Gasteiger partial charge is 0.336 e. The highest BCUT2D eigenvalue weighted by molar-refractivity contribution is 9.11. The summed E-state index contributed by atoms with van der Waals surface area (Å²) in [6.45, 7) is 2.66. The number of methoxy groups -OCH3 is 1. The molecule has 17 heavy (non-hydrogen) atoms. The van der Waals surface area contributed by atoms with Gasteiger partial charge < -0.3 is 9.47 Å². The molecule has 0 aliphatic carbocycles. The van der Waals surface area contributed by atoms with Crippen molar-refractivity contribution >= 4 is 33.2 Å². The van der Waals surface area contributed by atoms with Gasteiger partial charge in [-0.1, -0.05) is 0 Å². The SMILES string of the molecule is COC(=O)C1CN(Cc2ncc(Br)s2)CCO1. The van der Waals surface area contributed by atoms with E-state index in [1.807, 2.05) is 0 Å². The molecule has 1 atom stereocenters. The van der Waals surface area contributed by atoms with Crippen LogP contribution >= 0.6 is 27.3 Å². The van der Waals surface area contributed by atoms with Gasteiger partial charge in [-0.2, -0.15) is 0 Å². The fourth-order valence-electron chi connectivity index (χ4n) is 1.67. The number of nitrogens with zero attached hydrogens (tertiary/aromatic N) is 2. The molecular formula is C10H13BrN2O3S. The van der Waals surface area contributed by atoms with Gasteiger partial charge in [0.15, 0.2) is 6.10 Å². The van der Waals surface area contributed by atoms with E-state index < -0.39 is 6.10 Å². The number of hydrogen-bond donors (Lipinski definition) is 0. The predicted molar refractivity (Wildman–Crippen MR) is 66.8 cm³/mol. The van der Waals surface area contributed by atoms with Gasteiger partial charge in [0, 0.05) is 13.1 Å². The summed E-state index contributed by atoms with van der Waals surface area (Å²) in [6, 6.07) is 0. The van der Waals surface area contributed by atoms with Crippen LogP contribution in [0.1, 0.15) is 5.01 Å². The van der Waals surface area contributed by atoms with Crippen molar-refractivity contribution in [3.63, 3.8) is 0 Å². The van der Waals surface area contributed by atoms with Crippen LogP contribution in [0, 0.1) is 0 Å². The summed E-state index contributed by atoms with van der Waals surface area (Å²) in [5.41, 5.74) is 0. The second-order valence-corrected chi connectivity index (χ2v) is 6.17. The monoisotopic (exact) mass is 320 g/mol. The lowest BCUT2D eigenvalue weighted by atomic mass is 10.3. The van der Waals surface area contributed by atoms with Gasteiger partial charge >= 0.3 is 5.97 Å². The van der Waals surface area contributed by atoms with E-state index >= 15 is 0 Å². The molecule has 1 aromatic rings. The molecule has 0 bridgehead atoms. The highest BCUT2D eigenvalue weighted by atomic mass is 79.9. The zero-order valence-corrected chi connectivity index (χ0v) is 11.8. The van der Waals surface area contributed by atoms with Crippen LogP contribution < -0.4 is 0 Å². The Kier molecular flexibility index (Phi) is 4.49. The fraction of sp³-hybridized carbons (Fsp3) is 0.600. The minimum absolute atomic E-state index is 0.310. The van der Waals surface area contributed by atoms with Crippen molar-refractivity contribution in [2.75, 3.05) is 26.8 Å². The van der Waals surface area contributed by atoms with Gasteiger partial charge in [0.1, 0.15) is 5.01 Å². The Bertz CT molecular complexity index is 399. The largest absolute Gasteiger partial charge is 0.467 e. The number of morpholine rings is 1. The van der Waals surface area contributed by atoms with E-state index in [2.05, 4.69) is 30.6 Å². The number of carbonyl (C=O) groups excluding carboxylic acids is 1. The molecule has 1 unspecified atom stereocenters. The van der Waals surface area contributed by atoms with E-state index in [0.717, 1.165) is 21.9 Å². The van der Waals surface area contributed by atoms with Crippen molar-refractivity contribution in [2.24, 2.45) is 0 Å². The third-order valence-corrected chi connectivity index (χ3v) is 3.96. The van der Waals surface area contributed by atoms with E-state index in [0.29, 0.717) is 13.2 Å². The highest BCUT2D eigenvalue weighted by Gasteiger charge is 2.27. The van der Waals surface area contributed by atoms with Crippen LogP contribution in [0.15, 0.2) is 9.98 Å². The van der Waals surface area contributed by atoms with Gasteiger partial charge in [0.05, 0.1) is 30.2 Å². The molecule has 7 heteroatoms. The Morgan fingerprint density at radius 2 is 2.65 bits per heavy atom. The number of hydrogen-bond acceptors (Lipinski definition) is 6. The molecule has 1 fully saturated rings. The van der Waals surface area contributed by atoms with Crippen LogP contribution in [0.3, 0.4) is 0 Å². The summed E-state index contributed by atoms with van der Waals surface area (Å²) in [5, 5.41) is 1.03. The Hall–Kier alpha value is -0.500. The third kappa shape index (κ3) is 3.48. The lowest BCUT2D eigenvalue weighted by Crippen LogP contribution is -2.46. The zero-order chi connectivity index (χ0) is 12.3. The van der Waals surface area contributed by atoms with Gasteiger partial charge in [-0.3, -0.25) is 4.90 Å². The molecule has 1 aromatic heterocycles. The Morgan fingerprint density at radius 3 is 3.29 bits per heavy atom. The molecule has 1 saturated heterocycles. The Morgan fingerprint density at radius 1 is 1.82 bits per heavy atom. The molecule has 2 rings (SSSR count). The Balaban J connectivity index is 1.91. The van der Waals surface area contributed by atoms with Crippen molar-refractivity contribution in [2.45, 2.75) is 12.6 Å². The molecule has 0 radical (unpaired) electrons. The number of thiazole rings is 1. The first kappa shape index (κ1) is 12.9. The minimum atomic E-state index is -0.475. The average molecular weight is 321 g/mol. The Labute approximate surface area is 112 Å². The second kappa shape index (κ2) is 5.90. The maximum atomic E-state index is 11.4. The summed E-state index contributed by atoms with van der Waals surface area (Å²) < 4.78 is 11.1. The van der Waals surface area contributed by atoms with Crippen LogP contribution in [-0.4, -0.2) is 48.8 Å². The van der Waals surface area contributed by atoms with E-state index in [-0.39, 0.29) is 5.97 Å². The van der Waals surface area contributed by atoms with Gasteiger partial charge in [0.25, 0.3) is 0 Å². The quantitative estimate of drug-likeness (QED) is 0.785. The molecule has 1 aliphatic rings. The lowest BCUT2D eigenvalue weighted by molar-refractivity contribution is -0.160. The molecule has 1 aliphatic heterocycles. The van der Waals surface area contributed by atoms with Crippen LogP contribution in [0.2, 0.25) is 0 Å². The molecular weight excluding hydrogens is 308 g/mol. The highest BCUT2D eigenvalue weighted by Crippen LogP contribution is 2.21. The molecule has 5 nitrogen and oxygen atoms in total. The van der Waals surface area contributed by atoms with E-state index in [1.165, 1.54) is 7.11 Å². The standard InChI is InChI=1S/C10H13BrN2O3S/c1-15-10(14)7-5-13(2-3-16-7)6-9-12-4-8(11)17-9/h4,7H,2-3,5-6H2,1H3.